The third kappa shape index (κ3) is 62.8. The molecule has 0 saturated heterocycles. The van der Waals surface area contributed by atoms with E-state index in [1.165, 1.54) is 186 Å². The Morgan fingerprint density at radius 3 is 0.670 bits per heavy atom. The second kappa shape index (κ2) is 63.8. The highest BCUT2D eigenvalue weighted by Crippen LogP contribution is 2.45. The van der Waals surface area contributed by atoms with Crippen molar-refractivity contribution in [2.75, 3.05) is 39.6 Å². The first-order chi connectivity index (χ1) is 42.7. The molecule has 0 aliphatic carbocycles. The summed E-state index contributed by atoms with van der Waals surface area (Å²) in [5.74, 6) is -2.13. The van der Waals surface area contributed by atoms with Crippen molar-refractivity contribution in [3.8, 4) is 0 Å². The second-order valence-corrected chi connectivity index (χ2v) is 27.8. The molecule has 88 heavy (non-hydrogen) atoms. The number of phosphoric ester groups is 2. The zero-order valence-electron chi connectivity index (χ0n) is 56.7. The summed E-state index contributed by atoms with van der Waals surface area (Å²) in [5.41, 5.74) is 0. The van der Waals surface area contributed by atoms with Crippen LogP contribution in [0.25, 0.3) is 0 Å². The van der Waals surface area contributed by atoms with Crippen molar-refractivity contribution >= 4 is 39.5 Å². The van der Waals surface area contributed by atoms with Gasteiger partial charge in [0, 0.05) is 25.7 Å². The van der Waals surface area contributed by atoms with Crippen molar-refractivity contribution in [1.29, 1.82) is 0 Å². The lowest BCUT2D eigenvalue weighted by molar-refractivity contribution is -0.161. The quantitative estimate of drug-likeness (QED) is 0.0222. The van der Waals surface area contributed by atoms with Crippen molar-refractivity contribution in [2.24, 2.45) is 0 Å². The molecule has 0 saturated carbocycles. The van der Waals surface area contributed by atoms with Crippen molar-refractivity contribution in [1.82, 2.24) is 0 Å². The van der Waals surface area contributed by atoms with Crippen molar-refractivity contribution < 1.29 is 80.2 Å². The maximum Gasteiger partial charge on any atom is 0.472 e. The summed E-state index contributed by atoms with van der Waals surface area (Å²) in [6.07, 6.45) is 51.7. The van der Waals surface area contributed by atoms with E-state index in [2.05, 4.69) is 27.7 Å². The summed E-state index contributed by atoms with van der Waals surface area (Å²) < 4.78 is 68.0. The first kappa shape index (κ1) is 86.1. The largest absolute Gasteiger partial charge is 0.472 e. The van der Waals surface area contributed by atoms with Gasteiger partial charge in [-0.2, -0.15) is 0 Å². The number of aliphatic hydroxyl groups is 1. The first-order valence-corrected chi connectivity index (χ1v) is 39.3. The molecule has 0 bridgehead atoms. The summed E-state index contributed by atoms with van der Waals surface area (Å²) in [6, 6.07) is 0. The number of rotatable bonds is 70. The van der Waals surface area contributed by atoms with Crippen molar-refractivity contribution in [2.45, 2.75) is 380 Å². The summed E-state index contributed by atoms with van der Waals surface area (Å²) >= 11 is 0. The van der Waals surface area contributed by atoms with Crippen molar-refractivity contribution in [3.05, 3.63) is 0 Å². The van der Waals surface area contributed by atoms with E-state index in [-0.39, 0.29) is 25.7 Å². The molecule has 0 heterocycles. The van der Waals surface area contributed by atoms with Crippen LogP contribution in [0.5, 0.6) is 0 Å². The number of ether oxygens (including phenoxy) is 4. The molecular weight excluding hydrogens is 1160 g/mol. The summed E-state index contributed by atoms with van der Waals surface area (Å²) in [5, 5.41) is 10.5. The zero-order chi connectivity index (χ0) is 64.7. The SMILES string of the molecule is CCCCCCCCCCCCCCCCCCCCCCCCC(=O)O[C@H](COC(=O)CCCCCCCCCCC)COP(=O)(O)OC[C@@H](O)COP(=O)(O)OC[C@@H](COC(=O)CCCCCCCCCC)OC(=O)CCCCCCCCCCC. The Kier molecular flexibility index (Phi) is 62.4. The molecular formula is C69H134O17P2. The topological polar surface area (TPSA) is 237 Å². The lowest BCUT2D eigenvalue weighted by Gasteiger charge is -2.21. The van der Waals surface area contributed by atoms with Crippen LogP contribution in [0.15, 0.2) is 0 Å². The fourth-order valence-corrected chi connectivity index (χ4v) is 12.1. The Balaban J connectivity index is 5.07. The average molecular weight is 1300 g/mol. The van der Waals surface area contributed by atoms with E-state index in [1.54, 1.807) is 0 Å². The third-order valence-corrected chi connectivity index (χ3v) is 18.0. The number of aliphatic hydroxyl groups excluding tert-OH is 1. The zero-order valence-corrected chi connectivity index (χ0v) is 58.5. The van der Waals surface area contributed by atoms with Gasteiger partial charge >= 0.3 is 39.5 Å². The molecule has 3 N–H and O–H groups in total. The summed E-state index contributed by atoms with van der Waals surface area (Å²) in [4.78, 5) is 72.2. The van der Waals surface area contributed by atoms with Crippen LogP contribution < -0.4 is 0 Å². The van der Waals surface area contributed by atoms with Gasteiger partial charge in [0.1, 0.15) is 19.3 Å². The van der Waals surface area contributed by atoms with E-state index >= 15 is 0 Å². The lowest BCUT2D eigenvalue weighted by Crippen LogP contribution is -2.30. The Morgan fingerprint density at radius 1 is 0.273 bits per heavy atom. The number of carbonyl (C=O) groups excluding carboxylic acids is 4. The predicted molar refractivity (Wildman–Crippen MR) is 354 cm³/mol. The maximum atomic E-state index is 13.0. The molecule has 0 aromatic rings. The Bertz CT molecular complexity index is 1690. The van der Waals surface area contributed by atoms with Gasteiger partial charge in [-0.25, -0.2) is 9.13 Å². The number of phosphoric acid groups is 2. The molecule has 2 unspecified atom stereocenters. The van der Waals surface area contributed by atoms with E-state index in [9.17, 15) is 43.2 Å². The van der Waals surface area contributed by atoms with Gasteiger partial charge in [-0.1, -0.05) is 310 Å². The highest BCUT2D eigenvalue weighted by molar-refractivity contribution is 7.47. The molecule has 5 atom stereocenters. The second-order valence-electron chi connectivity index (χ2n) is 24.9. The number of hydrogen-bond acceptors (Lipinski definition) is 15. The predicted octanol–water partition coefficient (Wildman–Crippen LogP) is 19.9. The number of hydrogen-bond donors (Lipinski definition) is 3. The van der Waals surface area contributed by atoms with Crippen LogP contribution >= 0.6 is 15.6 Å². The maximum absolute atomic E-state index is 13.0. The van der Waals surface area contributed by atoms with Crippen LogP contribution in [0, 0.1) is 0 Å². The molecule has 0 spiro atoms. The standard InChI is InChI=1S/C69H134O17P2/c1-5-9-13-17-21-25-26-27-28-29-30-31-32-33-34-35-36-37-40-44-48-52-56-69(74)86-65(60-80-67(72)54-50-46-42-38-22-18-14-10-6-2)62-84-88(77,78)82-58-63(70)57-81-87(75,76)83-61-64(59-79-66(71)53-49-45-41-24-20-16-12-8-4)85-68(73)55-51-47-43-39-23-19-15-11-7-3/h63-65,70H,5-62H2,1-4H3,(H,75,76)(H,77,78)/t63-,64+,65+/m0/s1. The van der Waals surface area contributed by atoms with Crippen LogP contribution in [0.1, 0.15) is 362 Å². The Labute approximate surface area is 537 Å². The van der Waals surface area contributed by atoms with Gasteiger partial charge in [-0.3, -0.25) is 37.3 Å². The third-order valence-electron chi connectivity index (χ3n) is 16.1. The average Bonchev–Trinajstić information content (AvgIpc) is 3.55. The minimum absolute atomic E-state index is 0.106. The van der Waals surface area contributed by atoms with Crippen LogP contribution in [-0.4, -0.2) is 96.7 Å². The summed E-state index contributed by atoms with van der Waals surface area (Å²) in [7, 11) is -9.88. The molecule has 0 fully saturated rings. The van der Waals surface area contributed by atoms with E-state index in [0.717, 1.165) is 96.3 Å². The van der Waals surface area contributed by atoms with Crippen LogP contribution in [0.3, 0.4) is 0 Å². The molecule has 0 aromatic carbocycles. The van der Waals surface area contributed by atoms with Gasteiger partial charge in [0.25, 0.3) is 0 Å². The fraction of sp³-hybridized carbons (Fsp3) is 0.942. The van der Waals surface area contributed by atoms with Gasteiger partial charge in [0.05, 0.1) is 26.4 Å². The molecule has 17 nitrogen and oxygen atoms in total. The van der Waals surface area contributed by atoms with E-state index < -0.39 is 97.5 Å². The molecule has 0 amide bonds. The molecule has 522 valence electrons. The first-order valence-electron chi connectivity index (χ1n) is 36.3. The number of esters is 4. The molecule has 0 aliphatic heterocycles. The summed E-state index contributed by atoms with van der Waals surface area (Å²) in [6.45, 7) is 4.87. The van der Waals surface area contributed by atoms with E-state index in [0.29, 0.717) is 25.7 Å². The number of carbonyl (C=O) groups is 4. The van der Waals surface area contributed by atoms with Gasteiger partial charge in [-0.05, 0) is 25.7 Å². The van der Waals surface area contributed by atoms with Crippen LogP contribution in [0.4, 0.5) is 0 Å². The monoisotopic (exact) mass is 1300 g/mol. The normalized spacial score (nSPS) is 14.0. The van der Waals surface area contributed by atoms with E-state index in [1.807, 2.05) is 0 Å². The van der Waals surface area contributed by atoms with Gasteiger partial charge < -0.3 is 33.8 Å². The van der Waals surface area contributed by atoms with Crippen molar-refractivity contribution in [3.63, 3.8) is 0 Å². The highest BCUT2D eigenvalue weighted by Gasteiger charge is 2.30. The number of unbranched alkanes of at least 4 members (excludes halogenated alkanes) is 44. The molecule has 0 radical (unpaired) electrons. The molecule has 19 heteroatoms. The lowest BCUT2D eigenvalue weighted by atomic mass is 10.0. The minimum Gasteiger partial charge on any atom is -0.462 e. The smallest absolute Gasteiger partial charge is 0.462 e. The Morgan fingerprint density at radius 2 is 0.455 bits per heavy atom. The fourth-order valence-electron chi connectivity index (χ4n) is 10.5. The minimum atomic E-state index is -4.95. The van der Waals surface area contributed by atoms with Crippen LogP contribution in [0.2, 0.25) is 0 Å². The van der Waals surface area contributed by atoms with Gasteiger partial charge in [0.15, 0.2) is 12.2 Å². The Hall–Kier alpha value is -1.94. The van der Waals surface area contributed by atoms with Gasteiger partial charge in [0.2, 0.25) is 0 Å². The molecule has 0 aliphatic rings. The molecule has 0 aromatic heterocycles. The van der Waals surface area contributed by atoms with Gasteiger partial charge in [-0.15, -0.1) is 0 Å². The van der Waals surface area contributed by atoms with E-state index in [4.69, 9.17) is 37.0 Å². The van der Waals surface area contributed by atoms with Crippen LogP contribution in [-0.2, 0) is 65.4 Å². The molecule has 0 rings (SSSR count). The highest BCUT2D eigenvalue weighted by atomic mass is 31.2.